The van der Waals surface area contributed by atoms with E-state index in [1.807, 2.05) is 6.07 Å². The van der Waals surface area contributed by atoms with Crippen LogP contribution in [0.5, 0.6) is 5.75 Å². The van der Waals surface area contributed by atoms with Gasteiger partial charge in [-0.1, -0.05) is 30.3 Å². The molecule has 2 aromatic rings. The van der Waals surface area contributed by atoms with Crippen molar-refractivity contribution in [2.24, 2.45) is 0 Å². The Bertz CT molecular complexity index is 993. The number of nitrogens with zero attached hydrogens (tertiary/aromatic N) is 4. The van der Waals surface area contributed by atoms with Gasteiger partial charge in [-0.15, -0.1) is 0 Å². The van der Waals surface area contributed by atoms with Crippen LogP contribution in [0.25, 0.3) is 0 Å². The van der Waals surface area contributed by atoms with E-state index >= 15 is 0 Å². The van der Waals surface area contributed by atoms with Gasteiger partial charge in [-0.2, -0.15) is 0 Å². The summed E-state index contributed by atoms with van der Waals surface area (Å²) < 4.78 is 0. The normalized spacial score (nSPS) is 17.1. The zero-order valence-corrected chi connectivity index (χ0v) is 17.4. The molecular formula is C20H22N4O8. The Balaban J connectivity index is 0.000000227. The fourth-order valence-electron chi connectivity index (χ4n) is 3.49. The Morgan fingerprint density at radius 1 is 1.00 bits per heavy atom. The number of carbonyl (C=O) groups excluding carboxylic acids is 1. The molecule has 1 N–H and O–H groups in total. The molecule has 1 aliphatic heterocycles. The summed E-state index contributed by atoms with van der Waals surface area (Å²) in [7, 11) is 0. The molecule has 2 atom stereocenters. The number of ketones is 1. The van der Waals surface area contributed by atoms with E-state index < -0.39 is 37.6 Å². The molecule has 32 heavy (non-hydrogen) atoms. The van der Waals surface area contributed by atoms with Crippen LogP contribution in [0.15, 0.2) is 42.5 Å². The predicted octanol–water partition coefficient (Wildman–Crippen LogP) is 3.92. The van der Waals surface area contributed by atoms with Gasteiger partial charge in [-0.25, -0.2) is 0 Å². The lowest BCUT2D eigenvalue weighted by atomic mass is 9.97. The molecule has 1 fully saturated rings. The van der Waals surface area contributed by atoms with Crippen molar-refractivity contribution in [1.29, 1.82) is 0 Å². The molecule has 170 valence electrons. The van der Waals surface area contributed by atoms with Gasteiger partial charge in [0.05, 0.1) is 26.9 Å². The van der Waals surface area contributed by atoms with E-state index in [4.69, 9.17) is 5.11 Å². The van der Waals surface area contributed by atoms with E-state index in [1.165, 1.54) is 5.56 Å². The van der Waals surface area contributed by atoms with Crippen molar-refractivity contribution in [3.05, 3.63) is 78.4 Å². The first-order valence-corrected chi connectivity index (χ1v) is 9.65. The number of piperidine rings is 1. The maximum Gasteiger partial charge on any atom is 0.324 e. The molecule has 0 aliphatic carbocycles. The lowest BCUT2D eigenvalue weighted by Crippen LogP contribution is -2.42. The number of nitro groups is 3. The van der Waals surface area contributed by atoms with Gasteiger partial charge in [0, 0.05) is 31.5 Å². The van der Waals surface area contributed by atoms with Crippen molar-refractivity contribution in [3.8, 4) is 5.75 Å². The second-order valence-corrected chi connectivity index (χ2v) is 7.27. The molecule has 12 nitrogen and oxygen atoms in total. The summed E-state index contributed by atoms with van der Waals surface area (Å²) in [5.41, 5.74) is -1.67. The Hall–Kier alpha value is -3.93. The molecule has 0 unspecified atom stereocenters. The molecule has 2 aromatic carbocycles. The summed E-state index contributed by atoms with van der Waals surface area (Å²) in [6.07, 6.45) is 1.42. The standard InChI is InChI=1S/C14H19NO.C6H3N3O7/c1-11-10-14(16)8-9-15(11)12(2)13-6-4-3-5-7-13;10-6-4(8(13)14)1-3(7(11)12)2-5(6)9(15)16/h3-7,11-12H,8-10H2,1-2H3;1-2,10H/t11-,12+;/m1./s1. The zero-order valence-electron chi connectivity index (χ0n) is 17.4. The number of benzene rings is 2. The Labute approximate surface area is 182 Å². The molecule has 1 saturated heterocycles. The lowest BCUT2D eigenvalue weighted by Gasteiger charge is -2.37. The summed E-state index contributed by atoms with van der Waals surface area (Å²) in [5.74, 6) is -0.801. The number of carbonyl (C=O) groups is 1. The lowest BCUT2D eigenvalue weighted by molar-refractivity contribution is -0.404. The molecule has 0 bridgehead atoms. The van der Waals surface area contributed by atoms with Gasteiger partial charge in [-0.3, -0.25) is 40.0 Å². The van der Waals surface area contributed by atoms with Gasteiger partial charge >= 0.3 is 11.4 Å². The number of hydrogen-bond acceptors (Lipinski definition) is 9. The summed E-state index contributed by atoms with van der Waals surface area (Å²) in [6.45, 7) is 5.27. The molecule has 1 aliphatic rings. The second-order valence-electron chi connectivity index (χ2n) is 7.27. The fraction of sp³-hybridized carbons (Fsp3) is 0.350. The number of aromatic hydroxyl groups is 1. The number of hydrogen-bond donors (Lipinski definition) is 1. The summed E-state index contributed by atoms with van der Waals surface area (Å²) in [6, 6.07) is 12.2. The van der Waals surface area contributed by atoms with E-state index in [-0.39, 0.29) is 0 Å². The number of non-ortho nitro benzene ring substituents is 1. The third-order valence-electron chi connectivity index (χ3n) is 5.18. The van der Waals surface area contributed by atoms with Crippen molar-refractivity contribution >= 4 is 22.8 Å². The van der Waals surface area contributed by atoms with Crippen LogP contribution in [-0.2, 0) is 4.79 Å². The minimum atomic E-state index is -1.21. The van der Waals surface area contributed by atoms with Crippen LogP contribution in [0.2, 0.25) is 0 Å². The van der Waals surface area contributed by atoms with Crippen molar-refractivity contribution in [2.75, 3.05) is 6.54 Å². The maximum atomic E-state index is 11.4. The Kier molecular flexibility index (Phi) is 7.91. The molecule has 0 amide bonds. The maximum absolute atomic E-state index is 11.4. The average Bonchev–Trinajstić information content (AvgIpc) is 2.74. The highest BCUT2D eigenvalue weighted by Crippen LogP contribution is 2.39. The number of likely N-dealkylation sites (tertiary alicyclic amines) is 1. The van der Waals surface area contributed by atoms with Gasteiger partial charge in [0.15, 0.2) is 0 Å². The molecule has 0 aromatic heterocycles. The number of rotatable bonds is 5. The van der Waals surface area contributed by atoms with Gasteiger partial charge in [-0.05, 0) is 19.4 Å². The average molecular weight is 446 g/mol. The van der Waals surface area contributed by atoms with Crippen molar-refractivity contribution in [3.63, 3.8) is 0 Å². The highest BCUT2D eigenvalue weighted by atomic mass is 16.6. The topological polar surface area (TPSA) is 170 Å². The van der Waals surface area contributed by atoms with Gasteiger partial charge in [0.25, 0.3) is 11.4 Å². The van der Waals surface area contributed by atoms with Crippen LogP contribution in [-0.4, -0.2) is 43.1 Å². The minimum absolute atomic E-state index is 0.372. The number of phenols is 1. The highest BCUT2D eigenvalue weighted by Gasteiger charge is 2.30. The number of nitro benzene ring substituents is 3. The Morgan fingerprint density at radius 2 is 1.53 bits per heavy atom. The summed E-state index contributed by atoms with van der Waals surface area (Å²) in [4.78, 5) is 41.5. The van der Waals surface area contributed by atoms with Crippen LogP contribution in [0.3, 0.4) is 0 Å². The molecule has 0 spiro atoms. The van der Waals surface area contributed by atoms with Crippen molar-refractivity contribution in [2.45, 2.75) is 38.8 Å². The highest BCUT2D eigenvalue weighted by molar-refractivity contribution is 5.79. The second kappa shape index (κ2) is 10.4. The predicted molar refractivity (Wildman–Crippen MR) is 113 cm³/mol. The van der Waals surface area contributed by atoms with Crippen molar-refractivity contribution < 1.29 is 24.7 Å². The van der Waals surface area contributed by atoms with E-state index in [0.29, 0.717) is 42.8 Å². The smallest absolute Gasteiger partial charge is 0.324 e. The molecule has 0 saturated carbocycles. The summed E-state index contributed by atoms with van der Waals surface area (Å²) >= 11 is 0. The number of phenolic OH excluding ortho intramolecular Hbond substituents is 1. The monoisotopic (exact) mass is 446 g/mol. The van der Waals surface area contributed by atoms with Crippen LogP contribution in [0.1, 0.15) is 38.3 Å². The summed E-state index contributed by atoms with van der Waals surface area (Å²) in [5, 5.41) is 40.2. The van der Waals surface area contributed by atoms with E-state index in [2.05, 4.69) is 43.0 Å². The first-order valence-electron chi connectivity index (χ1n) is 9.65. The van der Waals surface area contributed by atoms with E-state index in [9.17, 15) is 35.1 Å². The SMILES string of the molecule is C[C@@H]1CC(=O)CCN1[C@@H](C)c1ccccc1.O=[N+]([O-])c1cc([N+](=O)[O-])c(O)c([N+](=O)[O-])c1. The van der Waals surface area contributed by atoms with E-state index in [1.54, 1.807) is 0 Å². The first-order chi connectivity index (χ1) is 15.0. The van der Waals surface area contributed by atoms with Crippen LogP contribution in [0, 0.1) is 30.3 Å². The fourth-order valence-corrected chi connectivity index (χ4v) is 3.49. The molecular weight excluding hydrogens is 424 g/mol. The largest absolute Gasteiger partial charge is 0.497 e. The third-order valence-corrected chi connectivity index (χ3v) is 5.18. The third kappa shape index (κ3) is 5.82. The minimum Gasteiger partial charge on any atom is -0.497 e. The van der Waals surface area contributed by atoms with E-state index in [0.717, 1.165) is 6.54 Å². The molecule has 3 rings (SSSR count). The van der Waals surface area contributed by atoms with Gasteiger partial charge in [0.2, 0.25) is 0 Å². The van der Waals surface area contributed by atoms with Crippen LogP contribution >= 0.6 is 0 Å². The quantitative estimate of drug-likeness (QED) is 0.528. The van der Waals surface area contributed by atoms with Crippen LogP contribution in [0.4, 0.5) is 17.1 Å². The number of Topliss-reactive ketones (excluding diaryl/α,β-unsaturated/α-hetero) is 1. The van der Waals surface area contributed by atoms with Gasteiger partial charge in [0.1, 0.15) is 5.78 Å². The first kappa shape index (κ1) is 24.3. The van der Waals surface area contributed by atoms with Crippen LogP contribution < -0.4 is 0 Å². The van der Waals surface area contributed by atoms with Crippen molar-refractivity contribution in [1.82, 2.24) is 4.90 Å². The van der Waals surface area contributed by atoms with Gasteiger partial charge < -0.3 is 5.11 Å². The molecule has 1 heterocycles. The zero-order chi connectivity index (χ0) is 24.0. The Morgan fingerprint density at radius 3 is 1.97 bits per heavy atom. The molecule has 12 heteroatoms. The molecule has 0 radical (unpaired) electrons.